The van der Waals surface area contributed by atoms with Gasteiger partial charge in [-0.1, -0.05) is 0 Å². The van der Waals surface area contributed by atoms with E-state index >= 15 is 0 Å². The SMILES string of the molecule is CCn1nc(CN2CCC(CNC(=O)c3cc(C)nn3C)CC2)c2c1CCOC2. The molecule has 0 aromatic carbocycles. The normalized spacial score (nSPS) is 18.0. The molecular formula is C21H32N6O2. The number of nitrogens with one attached hydrogen (secondary N) is 1. The third-order valence-corrected chi connectivity index (χ3v) is 6.15. The van der Waals surface area contributed by atoms with Crippen molar-refractivity contribution in [1.29, 1.82) is 0 Å². The molecule has 29 heavy (non-hydrogen) atoms. The van der Waals surface area contributed by atoms with Crippen LogP contribution in [0.3, 0.4) is 0 Å². The molecule has 2 aromatic rings. The van der Waals surface area contributed by atoms with E-state index in [0.29, 0.717) is 18.2 Å². The first kappa shape index (κ1) is 20.1. The Kier molecular flexibility index (Phi) is 6.01. The Bertz CT molecular complexity index is 863. The van der Waals surface area contributed by atoms with Crippen LogP contribution in [0, 0.1) is 12.8 Å². The van der Waals surface area contributed by atoms with Gasteiger partial charge in [-0.3, -0.25) is 19.1 Å². The molecule has 0 aliphatic carbocycles. The molecule has 4 heterocycles. The molecule has 0 unspecified atom stereocenters. The van der Waals surface area contributed by atoms with Crippen molar-refractivity contribution in [1.82, 2.24) is 29.8 Å². The van der Waals surface area contributed by atoms with Gasteiger partial charge in [-0.15, -0.1) is 0 Å². The molecule has 0 bridgehead atoms. The Morgan fingerprint density at radius 2 is 2.10 bits per heavy atom. The van der Waals surface area contributed by atoms with Crippen LogP contribution < -0.4 is 5.32 Å². The number of carbonyl (C=O) groups is 1. The third kappa shape index (κ3) is 4.38. The second-order valence-electron chi connectivity index (χ2n) is 8.21. The summed E-state index contributed by atoms with van der Waals surface area (Å²) in [6.45, 7) is 10.2. The van der Waals surface area contributed by atoms with Crippen molar-refractivity contribution < 1.29 is 9.53 Å². The van der Waals surface area contributed by atoms with Crippen LogP contribution in [0.25, 0.3) is 0 Å². The fourth-order valence-corrected chi connectivity index (χ4v) is 4.48. The molecule has 0 atom stereocenters. The predicted molar refractivity (Wildman–Crippen MR) is 110 cm³/mol. The van der Waals surface area contributed by atoms with Crippen LogP contribution in [0.1, 0.15) is 52.9 Å². The summed E-state index contributed by atoms with van der Waals surface area (Å²) >= 11 is 0. The van der Waals surface area contributed by atoms with Gasteiger partial charge >= 0.3 is 0 Å². The van der Waals surface area contributed by atoms with Crippen LogP contribution in [-0.2, 0) is 37.9 Å². The number of hydrogen-bond donors (Lipinski definition) is 1. The van der Waals surface area contributed by atoms with Gasteiger partial charge in [0.05, 0.1) is 24.6 Å². The number of hydrogen-bond acceptors (Lipinski definition) is 5. The second kappa shape index (κ2) is 8.67. The zero-order chi connectivity index (χ0) is 20.4. The summed E-state index contributed by atoms with van der Waals surface area (Å²) in [6, 6.07) is 1.83. The number of carbonyl (C=O) groups excluding carboxylic acids is 1. The smallest absolute Gasteiger partial charge is 0.269 e. The van der Waals surface area contributed by atoms with Gasteiger partial charge in [-0.05, 0) is 51.8 Å². The second-order valence-corrected chi connectivity index (χ2v) is 8.21. The lowest BCUT2D eigenvalue weighted by molar-refractivity contribution is 0.0925. The lowest BCUT2D eigenvalue weighted by Gasteiger charge is -2.31. The summed E-state index contributed by atoms with van der Waals surface area (Å²) in [7, 11) is 1.81. The lowest BCUT2D eigenvalue weighted by atomic mass is 9.96. The van der Waals surface area contributed by atoms with Crippen molar-refractivity contribution in [3.05, 3.63) is 34.4 Å². The van der Waals surface area contributed by atoms with Crippen LogP contribution in [0.2, 0.25) is 0 Å². The van der Waals surface area contributed by atoms with E-state index in [1.165, 1.54) is 17.0 Å². The van der Waals surface area contributed by atoms with E-state index in [2.05, 4.69) is 26.9 Å². The first-order valence-corrected chi connectivity index (χ1v) is 10.7. The lowest BCUT2D eigenvalue weighted by Crippen LogP contribution is -2.38. The number of nitrogens with zero attached hydrogens (tertiary/aromatic N) is 5. The first-order chi connectivity index (χ1) is 14.0. The number of piperidine rings is 1. The summed E-state index contributed by atoms with van der Waals surface area (Å²) in [6.07, 6.45) is 3.16. The molecule has 1 amide bonds. The molecule has 0 radical (unpaired) electrons. The van der Waals surface area contributed by atoms with Crippen LogP contribution in [-0.4, -0.2) is 56.6 Å². The molecule has 4 rings (SSSR count). The average Bonchev–Trinajstić information content (AvgIpc) is 3.26. The highest BCUT2D eigenvalue weighted by Crippen LogP contribution is 2.24. The molecule has 0 spiro atoms. The van der Waals surface area contributed by atoms with Crippen molar-refractivity contribution in [2.45, 2.75) is 52.8 Å². The van der Waals surface area contributed by atoms with Gasteiger partial charge in [0.25, 0.3) is 5.91 Å². The fraction of sp³-hybridized carbons (Fsp3) is 0.667. The number of aryl methyl sites for hydroxylation is 3. The molecule has 1 N–H and O–H groups in total. The Morgan fingerprint density at radius 3 is 2.79 bits per heavy atom. The van der Waals surface area contributed by atoms with Crippen molar-refractivity contribution in [3.8, 4) is 0 Å². The zero-order valence-electron chi connectivity index (χ0n) is 17.8. The van der Waals surface area contributed by atoms with Gasteiger partial charge in [-0.2, -0.15) is 10.2 Å². The number of aromatic nitrogens is 4. The number of likely N-dealkylation sites (tertiary alicyclic amines) is 1. The standard InChI is InChI=1S/C21H32N6O2/c1-4-27-19-7-10-29-14-17(19)18(24-27)13-26-8-5-16(6-9-26)12-22-21(28)20-11-15(2)23-25(20)3/h11,16H,4-10,12-14H2,1-3H3,(H,22,28). The minimum Gasteiger partial charge on any atom is -0.376 e. The maximum absolute atomic E-state index is 12.4. The third-order valence-electron chi connectivity index (χ3n) is 6.15. The topological polar surface area (TPSA) is 77.2 Å². The monoisotopic (exact) mass is 400 g/mol. The van der Waals surface area contributed by atoms with E-state index in [9.17, 15) is 4.79 Å². The predicted octanol–water partition coefficient (Wildman–Crippen LogP) is 1.66. The highest BCUT2D eigenvalue weighted by atomic mass is 16.5. The van der Waals surface area contributed by atoms with Gasteiger partial charge in [0.15, 0.2) is 0 Å². The molecule has 0 saturated carbocycles. The number of rotatable bonds is 6. The van der Waals surface area contributed by atoms with Crippen LogP contribution in [0.4, 0.5) is 0 Å². The van der Waals surface area contributed by atoms with Gasteiger partial charge in [-0.25, -0.2) is 0 Å². The van der Waals surface area contributed by atoms with E-state index in [1.54, 1.807) is 4.68 Å². The number of ether oxygens (including phenoxy) is 1. The van der Waals surface area contributed by atoms with E-state index < -0.39 is 0 Å². The summed E-state index contributed by atoms with van der Waals surface area (Å²) in [5.41, 5.74) is 5.33. The molecule has 1 fully saturated rings. The Balaban J connectivity index is 1.27. The minimum absolute atomic E-state index is 0.0349. The maximum Gasteiger partial charge on any atom is 0.269 e. The fourth-order valence-electron chi connectivity index (χ4n) is 4.48. The summed E-state index contributed by atoms with van der Waals surface area (Å²) < 4.78 is 9.48. The Labute approximate surface area is 172 Å². The van der Waals surface area contributed by atoms with Crippen LogP contribution in [0.5, 0.6) is 0 Å². The van der Waals surface area contributed by atoms with Gasteiger partial charge < -0.3 is 10.1 Å². The first-order valence-electron chi connectivity index (χ1n) is 10.7. The summed E-state index contributed by atoms with van der Waals surface area (Å²) in [4.78, 5) is 14.9. The number of fused-ring (bicyclic) bond motifs is 1. The molecular weight excluding hydrogens is 368 g/mol. The Hall–Kier alpha value is -2.19. The van der Waals surface area contributed by atoms with Crippen molar-refractivity contribution in [2.75, 3.05) is 26.2 Å². The zero-order valence-corrected chi connectivity index (χ0v) is 17.8. The minimum atomic E-state index is -0.0349. The molecule has 8 heteroatoms. The van der Waals surface area contributed by atoms with E-state index in [0.717, 1.165) is 64.3 Å². The molecule has 1 saturated heterocycles. The van der Waals surface area contributed by atoms with Crippen molar-refractivity contribution in [2.24, 2.45) is 13.0 Å². The van der Waals surface area contributed by atoms with E-state index in [4.69, 9.17) is 9.84 Å². The van der Waals surface area contributed by atoms with E-state index in [-0.39, 0.29) is 5.91 Å². The Morgan fingerprint density at radius 1 is 1.31 bits per heavy atom. The van der Waals surface area contributed by atoms with Crippen LogP contribution >= 0.6 is 0 Å². The quantitative estimate of drug-likeness (QED) is 0.798. The highest BCUT2D eigenvalue weighted by Gasteiger charge is 2.25. The van der Waals surface area contributed by atoms with Gasteiger partial charge in [0.1, 0.15) is 5.69 Å². The van der Waals surface area contributed by atoms with E-state index in [1.807, 2.05) is 20.0 Å². The van der Waals surface area contributed by atoms with Crippen molar-refractivity contribution >= 4 is 5.91 Å². The molecule has 8 nitrogen and oxygen atoms in total. The summed E-state index contributed by atoms with van der Waals surface area (Å²) in [5.74, 6) is 0.488. The molecule has 2 aliphatic rings. The average molecular weight is 401 g/mol. The molecule has 2 aromatic heterocycles. The molecule has 158 valence electrons. The van der Waals surface area contributed by atoms with Crippen LogP contribution in [0.15, 0.2) is 6.07 Å². The highest BCUT2D eigenvalue weighted by molar-refractivity contribution is 5.92. The van der Waals surface area contributed by atoms with Gasteiger partial charge in [0, 0.05) is 44.4 Å². The molecule has 2 aliphatic heterocycles. The largest absolute Gasteiger partial charge is 0.376 e. The summed E-state index contributed by atoms with van der Waals surface area (Å²) in [5, 5.41) is 12.2. The van der Waals surface area contributed by atoms with Crippen molar-refractivity contribution in [3.63, 3.8) is 0 Å². The number of amides is 1. The van der Waals surface area contributed by atoms with Gasteiger partial charge in [0.2, 0.25) is 0 Å². The maximum atomic E-state index is 12.4.